The Balaban J connectivity index is 1.55. The van der Waals surface area contributed by atoms with E-state index in [1.165, 1.54) is 10.4 Å². The molecule has 0 spiro atoms. The summed E-state index contributed by atoms with van der Waals surface area (Å²) >= 11 is 5.87. The van der Waals surface area contributed by atoms with Gasteiger partial charge in [-0.3, -0.25) is 4.79 Å². The molecule has 0 aromatic heterocycles. The summed E-state index contributed by atoms with van der Waals surface area (Å²) in [7, 11) is -3.71. The maximum absolute atomic E-state index is 13.1. The fraction of sp³-hybridized carbons (Fsp3) is 0.409. The molecule has 178 valence electrons. The van der Waals surface area contributed by atoms with E-state index in [4.69, 9.17) is 25.8 Å². The highest BCUT2D eigenvalue weighted by Crippen LogP contribution is 2.31. The second-order valence-electron chi connectivity index (χ2n) is 7.59. The second-order valence-corrected chi connectivity index (χ2v) is 9.96. The van der Waals surface area contributed by atoms with E-state index >= 15 is 0 Å². The van der Waals surface area contributed by atoms with Crippen molar-refractivity contribution in [3.63, 3.8) is 0 Å². The van der Waals surface area contributed by atoms with Crippen molar-refractivity contribution in [1.82, 2.24) is 4.31 Å². The molecule has 2 fully saturated rings. The van der Waals surface area contributed by atoms with Crippen LogP contribution in [-0.2, 0) is 24.3 Å². The summed E-state index contributed by atoms with van der Waals surface area (Å²) in [6, 6.07) is 11.5. The Morgan fingerprint density at radius 2 is 1.61 bits per heavy atom. The fourth-order valence-electron chi connectivity index (χ4n) is 3.66. The van der Waals surface area contributed by atoms with Gasteiger partial charge in [-0.25, -0.2) is 8.42 Å². The Kier molecular flexibility index (Phi) is 7.71. The standard InChI is InChI=1S/C22H26ClN3O6S/c23-17-1-3-18(4-2-17)32-16-22(27)24-20-15-19(33(28,29)26-9-13-31-14-10-26)5-6-21(20)25-7-11-30-12-8-25/h1-6,15H,7-14,16H2,(H,24,27). The number of benzene rings is 2. The molecule has 2 aliphatic heterocycles. The van der Waals surface area contributed by atoms with Crippen LogP contribution < -0.4 is 15.0 Å². The average molecular weight is 496 g/mol. The number of carbonyl (C=O) groups is 1. The first-order valence-electron chi connectivity index (χ1n) is 10.7. The molecule has 0 radical (unpaired) electrons. The lowest BCUT2D eigenvalue weighted by Crippen LogP contribution is -2.40. The quantitative estimate of drug-likeness (QED) is 0.629. The van der Waals surface area contributed by atoms with E-state index in [2.05, 4.69) is 10.2 Å². The number of nitrogens with zero attached hydrogens (tertiary/aromatic N) is 2. The van der Waals surface area contributed by atoms with E-state index in [-0.39, 0.29) is 11.5 Å². The van der Waals surface area contributed by atoms with Crippen molar-refractivity contribution in [2.24, 2.45) is 0 Å². The molecular formula is C22H26ClN3O6S. The molecule has 2 aromatic rings. The lowest BCUT2D eigenvalue weighted by atomic mass is 10.2. The molecule has 1 N–H and O–H groups in total. The van der Waals surface area contributed by atoms with E-state index < -0.39 is 15.9 Å². The van der Waals surface area contributed by atoms with Crippen molar-refractivity contribution in [1.29, 1.82) is 0 Å². The van der Waals surface area contributed by atoms with Crippen LogP contribution in [0.4, 0.5) is 11.4 Å². The molecule has 2 saturated heterocycles. The first kappa shape index (κ1) is 23.8. The number of carbonyl (C=O) groups excluding carboxylic acids is 1. The molecule has 2 aromatic carbocycles. The van der Waals surface area contributed by atoms with Crippen molar-refractivity contribution in [2.45, 2.75) is 4.90 Å². The third-order valence-corrected chi connectivity index (χ3v) is 7.53. The van der Waals surface area contributed by atoms with Gasteiger partial charge < -0.3 is 24.4 Å². The number of ether oxygens (including phenoxy) is 3. The van der Waals surface area contributed by atoms with E-state index in [9.17, 15) is 13.2 Å². The minimum Gasteiger partial charge on any atom is -0.484 e. The van der Waals surface area contributed by atoms with Crippen LogP contribution in [0.3, 0.4) is 0 Å². The van der Waals surface area contributed by atoms with Gasteiger partial charge in [-0.15, -0.1) is 0 Å². The molecular weight excluding hydrogens is 470 g/mol. The van der Waals surface area contributed by atoms with Crippen LogP contribution in [0.25, 0.3) is 0 Å². The number of hydrogen-bond acceptors (Lipinski definition) is 7. The topological polar surface area (TPSA) is 97.4 Å². The highest BCUT2D eigenvalue weighted by Gasteiger charge is 2.28. The molecule has 2 heterocycles. The molecule has 1 amide bonds. The van der Waals surface area contributed by atoms with E-state index in [1.54, 1.807) is 36.4 Å². The third kappa shape index (κ3) is 5.96. The Labute approximate surface area is 198 Å². The largest absolute Gasteiger partial charge is 0.484 e. The molecule has 4 rings (SSSR count). The van der Waals surface area contributed by atoms with Crippen molar-refractivity contribution in [3.05, 3.63) is 47.5 Å². The monoisotopic (exact) mass is 495 g/mol. The zero-order valence-electron chi connectivity index (χ0n) is 18.0. The molecule has 0 unspecified atom stereocenters. The summed E-state index contributed by atoms with van der Waals surface area (Å²) in [5.41, 5.74) is 1.15. The van der Waals surface area contributed by atoms with E-state index in [1.807, 2.05) is 0 Å². The van der Waals surface area contributed by atoms with Crippen LogP contribution in [-0.4, -0.2) is 77.8 Å². The fourth-order valence-corrected chi connectivity index (χ4v) is 5.22. The van der Waals surface area contributed by atoms with Gasteiger partial charge in [-0.2, -0.15) is 4.31 Å². The van der Waals surface area contributed by atoms with Gasteiger partial charge in [-0.1, -0.05) is 11.6 Å². The van der Waals surface area contributed by atoms with Gasteiger partial charge >= 0.3 is 0 Å². The zero-order chi connectivity index (χ0) is 23.3. The summed E-state index contributed by atoms with van der Waals surface area (Å²) in [5, 5.41) is 3.39. The van der Waals surface area contributed by atoms with E-state index in [0.29, 0.717) is 69.1 Å². The molecule has 33 heavy (non-hydrogen) atoms. The molecule has 2 aliphatic rings. The van der Waals surface area contributed by atoms with Crippen LogP contribution in [0.15, 0.2) is 47.4 Å². The number of morpholine rings is 2. The number of rotatable bonds is 7. The van der Waals surface area contributed by atoms with Crippen molar-refractivity contribution >= 4 is 38.9 Å². The lowest BCUT2D eigenvalue weighted by molar-refractivity contribution is -0.118. The maximum Gasteiger partial charge on any atom is 0.262 e. The SMILES string of the molecule is O=C(COc1ccc(Cl)cc1)Nc1cc(S(=O)(=O)N2CCOCC2)ccc1N1CCOCC1. The Bertz CT molecular complexity index is 1070. The number of sulfonamides is 1. The Morgan fingerprint density at radius 1 is 0.970 bits per heavy atom. The Hall–Kier alpha value is -2.37. The van der Waals surface area contributed by atoms with Gasteiger partial charge in [0.15, 0.2) is 6.61 Å². The van der Waals surface area contributed by atoms with Crippen molar-refractivity contribution < 1.29 is 27.4 Å². The van der Waals surface area contributed by atoms with Crippen LogP contribution in [0.1, 0.15) is 0 Å². The summed E-state index contributed by atoms with van der Waals surface area (Å²) in [6.45, 7) is 3.47. The molecule has 9 nitrogen and oxygen atoms in total. The molecule has 0 bridgehead atoms. The molecule has 0 aliphatic carbocycles. The molecule has 11 heteroatoms. The van der Waals surface area contributed by atoms with Crippen LogP contribution >= 0.6 is 11.6 Å². The first-order valence-corrected chi connectivity index (χ1v) is 12.5. The van der Waals surface area contributed by atoms with Gasteiger partial charge in [0.25, 0.3) is 5.91 Å². The molecule has 0 saturated carbocycles. The summed E-state index contributed by atoms with van der Waals surface area (Å²) in [4.78, 5) is 14.8. The number of halogens is 1. The minimum atomic E-state index is -3.71. The van der Waals surface area contributed by atoms with E-state index in [0.717, 1.165) is 5.69 Å². The van der Waals surface area contributed by atoms with Crippen LogP contribution in [0, 0.1) is 0 Å². The number of nitrogens with one attached hydrogen (secondary N) is 1. The van der Waals surface area contributed by atoms with Crippen molar-refractivity contribution in [2.75, 3.05) is 69.4 Å². The second kappa shape index (κ2) is 10.7. The van der Waals surface area contributed by atoms with Gasteiger partial charge in [-0.05, 0) is 42.5 Å². The Morgan fingerprint density at radius 3 is 2.27 bits per heavy atom. The highest BCUT2D eigenvalue weighted by atomic mass is 35.5. The summed E-state index contributed by atoms with van der Waals surface area (Å²) in [6.07, 6.45) is 0. The first-order chi connectivity index (χ1) is 15.9. The number of amides is 1. The minimum absolute atomic E-state index is 0.121. The average Bonchev–Trinajstić information content (AvgIpc) is 2.85. The van der Waals surface area contributed by atoms with Crippen molar-refractivity contribution in [3.8, 4) is 5.75 Å². The maximum atomic E-state index is 13.1. The number of anilines is 2. The molecule has 0 atom stereocenters. The smallest absolute Gasteiger partial charge is 0.262 e. The predicted octanol–water partition coefficient (Wildman–Crippen LogP) is 2.21. The summed E-state index contributed by atoms with van der Waals surface area (Å²) < 4.78 is 43.9. The normalized spacial score (nSPS) is 17.5. The van der Waals surface area contributed by atoms with Gasteiger partial charge in [0, 0.05) is 31.2 Å². The van der Waals surface area contributed by atoms with Gasteiger partial charge in [0.2, 0.25) is 10.0 Å². The van der Waals surface area contributed by atoms with Gasteiger partial charge in [0.05, 0.1) is 42.7 Å². The third-order valence-electron chi connectivity index (χ3n) is 5.39. The number of hydrogen-bond donors (Lipinski definition) is 1. The van der Waals surface area contributed by atoms with Crippen LogP contribution in [0.2, 0.25) is 5.02 Å². The summed E-state index contributed by atoms with van der Waals surface area (Å²) in [5.74, 6) is 0.104. The lowest BCUT2D eigenvalue weighted by Gasteiger charge is -2.31. The van der Waals surface area contributed by atoms with Gasteiger partial charge in [0.1, 0.15) is 5.75 Å². The highest BCUT2D eigenvalue weighted by molar-refractivity contribution is 7.89. The van der Waals surface area contributed by atoms with Crippen LogP contribution in [0.5, 0.6) is 5.75 Å². The zero-order valence-corrected chi connectivity index (χ0v) is 19.6. The predicted molar refractivity (Wildman–Crippen MR) is 125 cm³/mol.